The Bertz CT molecular complexity index is 1340. The summed E-state index contributed by atoms with van der Waals surface area (Å²) in [4.78, 5) is 46.9. The van der Waals surface area contributed by atoms with Crippen molar-refractivity contribution in [2.75, 3.05) is 18.5 Å². The monoisotopic (exact) mass is 576 g/mol. The molecule has 2 aliphatic heterocycles. The summed E-state index contributed by atoms with van der Waals surface area (Å²) in [5.74, 6) is 0.190. The van der Waals surface area contributed by atoms with Gasteiger partial charge in [-0.15, -0.1) is 0 Å². The zero-order chi connectivity index (χ0) is 26.0. The fraction of sp³-hybridized carbons (Fsp3) is 0.364. The third kappa shape index (κ3) is 7.74. The molecule has 0 spiro atoms. The number of nitrogens with one attached hydrogen (secondary N) is 2. The number of urea groups is 1. The molecule has 3 aromatic rings. The van der Waals surface area contributed by atoms with E-state index >= 15 is 0 Å². The van der Waals surface area contributed by atoms with Crippen LogP contribution in [-0.4, -0.2) is 63.3 Å². The van der Waals surface area contributed by atoms with Crippen molar-refractivity contribution in [3.05, 3.63) is 54.6 Å². The number of hydrogen-bond donors (Lipinski definition) is 2. The molecule has 0 saturated carbocycles. The minimum Gasteiger partial charge on any atom is -0.790 e. The Morgan fingerprint density at radius 3 is 2.59 bits per heavy atom. The third-order valence-electron chi connectivity index (χ3n) is 5.71. The van der Waals surface area contributed by atoms with Gasteiger partial charge in [-0.05, 0) is 18.6 Å². The molecule has 4 heterocycles. The molecule has 2 saturated heterocycles. The SMILES string of the molecule is CCNC(=O)Nc1ncnc2c1ncn2C1OC(COP(=O)([O-])[O-])C2OC(C=Cc3ccccc3)OC21.[Na+].[Na+]. The molecule has 39 heavy (non-hydrogen) atoms. The summed E-state index contributed by atoms with van der Waals surface area (Å²) in [6.07, 6.45) is 2.21. The van der Waals surface area contributed by atoms with Gasteiger partial charge in [-0.25, -0.2) is 19.7 Å². The summed E-state index contributed by atoms with van der Waals surface area (Å²) in [6, 6.07) is 9.07. The number of hydrogen-bond acceptors (Lipinski definition) is 11. The summed E-state index contributed by atoms with van der Waals surface area (Å²) in [5.41, 5.74) is 1.57. The van der Waals surface area contributed by atoms with E-state index in [1.54, 1.807) is 17.6 Å². The van der Waals surface area contributed by atoms with Crippen molar-refractivity contribution < 1.29 is 97.0 Å². The van der Waals surface area contributed by atoms with Crippen molar-refractivity contribution in [1.29, 1.82) is 0 Å². The number of phosphoric acid groups is 1. The normalized spacial score (nSPS) is 24.2. The molecular weight excluding hydrogens is 553 g/mol. The number of benzene rings is 1. The van der Waals surface area contributed by atoms with Crippen LogP contribution < -0.4 is 79.5 Å². The van der Waals surface area contributed by atoms with Crippen LogP contribution in [0.5, 0.6) is 0 Å². The summed E-state index contributed by atoms with van der Waals surface area (Å²) < 4.78 is 35.2. The molecule has 2 aromatic heterocycles. The fourth-order valence-corrected chi connectivity index (χ4v) is 4.50. The fourth-order valence-electron chi connectivity index (χ4n) is 4.17. The van der Waals surface area contributed by atoms with E-state index in [1.807, 2.05) is 36.4 Å². The van der Waals surface area contributed by atoms with Crippen LogP contribution in [-0.2, 0) is 23.3 Å². The van der Waals surface area contributed by atoms with Gasteiger partial charge in [0.25, 0.3) is 0 Å². The number of aromatic nitrogens is 4. The maximum absolute atomic E-state index is 12.0. The number of anilines is 1. The van der Waals surface area contributed by atoms with Crippen molar-refractivity contribution in [1.82, 2.24) is 24.8 Å². The van der Waals surface area contributed by atoms with Crippen molar-refractivity contribution in [3.63, 3.8) is 0 Å². The van der Waals surface area contributed by atoms with Crippen LogP contribution in [0.15, 0.2) is 49.1 Å². The number of imidazole rings is 1. The average molecular weight is 576 g/mol. The first-order chi connectivity index (χ1) is 17.8. The number of fused-ring (bicyclic) bond motifs is 2. The number of carbonyl (C=O) groups excluding carboxylic acids is 1. The number of amides is 2. The van der Waals surface area contributed by atoms with Gasteiger partial charge in [0.1, 0.15) is 24.6 Å². The van der Waals surface area contributed by atoms with E-state index < -0.39 is 51.3 Å². The van der Waals surface area contributed by atoms with Gasteiger partial charge in [0.05, 0.1) is 20.8 Å². The van der Waals surface area contributed by atoms with Crippen LogP contribution in [0.1, 0.15) is 18.7 Å². The summed E-state index contributed by atoms with van der Waals surface area (Å²) in [5, 5.41) is 5.23. The summed E-state index contributed by atoms with van der Waals surface area (Å²) >= 11 is 0. The van der Waals surface area contributed by atoms with Gasteiger partial charge in [-0.1, -0.05) is 36.4 Å². The Morgan fingerprint density at radius 2 is 1.87 bits per heavy atom. The Labute approximate surface area is 267 Å². The molecule has 0 bridgehead atoms. The first-order valence-corrected chi connectivity index (χ1v) is 12.9. The van der Waals surface area contributed by atoms with E-state index in [-0.39, 0.29) is 64.9 Å². The smallest absolute Gasteiger partial charge is 0.790 e. The van der Waals surface area contributed by atoms with E-state index in [0.717, 1.165) is 5.56 Å². The number of phosphoric ester groups is 1. The molecule has 5 rings (SSSR count). The van der Waals surface area contributed by atoms with Crippen LogP contribution in [0, 0.1) is 0 Å². The van der Waals surface area contributed by atoms with Crippen LogP contribution >= 0.6 is 7.82 Å². The van der Waals surface area contributed by atoms with E-state index in [0.29, 0.717) is 17.7 Å². The van der Waals surface area contributed by atoms with E-state index in [1.165, 1.54) is 12.7 Å². The summed E-state index contributed by atoms with van der Waals surface area (Å²) in [7, 11) is -5.24. The molecule has 1 aromatic carbocycles. The van der Waals surface area contributed by atoms with Crippen LogP contribution in [0.4, 0.5) is 10.6 Å². The maximum Gasteiger partial charge on any atom is 1.00 e. The van der Waals surface area contributed by atoms with Crippen LogP contribution in [0.25, 0.3) is 17.2 Å². The Morgan fingerprint density at radius 1 is 1.13 bits per heavy atom. The molecule has 14 nitrogen and oxygen atoms in total. The van der Waals surface area contributed by atoms with Crippen molar-refractivity contribution >= 4 is 36.9 Å². The molecule has 2 amide bonds. The van der Waals surface area contributed by atoms with Gasteiger partial charge in [-0.3, -0.25) is 9.88 Å². The van der Waals surface area contributed by atoms with E-state index in [4.69, 9.17) is 14.2 Å². The Hall–Kier alpha value is -1.23. The standard InChI is InChI=1S/C22H25N6O8P.2Na/c1-2-23-22(29)27-19-16-20(25-11-24-19)28(12-26-16)21-18-17(14(34-21)10-33-37(30,31)32)35-15(36-18)9-8-13-6-4-3-5-7-13;;/h3-9,11-12,14-15,17-18,21H,2,10H2,1H3,(H2,30,31,32)(H2,23,24,25,27,29);;/q;2*+1/p-2. The molecule has 2 fully saturated rings. The predicted octanol–water partition coefficient (Wildman–Crippen LogP) is -5.46. The van der Waals surface area contributed by atoms with Crippen molar-refractivity contribution in [2.24, 2.45) is 0 Å². The van der Waals surface area contributed by atoms with Crippen molar-refractivity contribution in [3.8, 4) is 0 Å². The van der Waals surface area contributed by atoms with Gasteiger partial charge in [-0.2, -0.15) is 0 Å². The average Bonchev–Trinajstić information content (AvgIpc) is 3.56. The third-order valence-corrected chi connectivity index (χ3v) is 6.18. The Kier molecular flexibility index (Phi) is 11.7. The Balaban J connectivity index is 0.00000210. The number of ether oxygens (including phenoxy) is 3. The zero-order valence-electron chi connectivity index (χ0n) is 21.5. The first-order valence-electron chi connectivity index (χ1n) is 11.4. The van der Waals surface area contributed by atoms with E-state index in [9.17, 15) is 19.1 Å². The predicted molar refractivity (Wildman–Crippen MR) is 124 cm³/mol. The zero-order valence-corrected chi connectivity index (χ0v) is 26.4. The first kappa shape index (κ1) is 32.3. The molecule has 17 heteroatoms. The van der Waals surface area contributed by atoms with Crippen LogP contribution in [0.2, 0.25) is 0 Å². The minimum atomic E-state index is -5.24. The van der Waals surface area contributed by atoms with Gasteiger partial charge >= 0.3 is 65.1 Å². The van der Waals surface area contributed by atoms with Gasteiger partial charge in [0, 0.05) is 6.54 Å². The van der Waals surface area contributed by atoms with Gasteiger partial charge < -0.3 is 38.4 Å². The molecule has 2 N–H and O–H groups in total. The van der Waals surface area contributed by atoms with Gasteiger partial charge in [0.15, 0.2) is 29.5 Å². The summed E-state index contributed by atoms with van der Waals surface area (Å²) in [6.45, 7) is 1.66. The van der Waals surface area contributed by atoms with Crippen molar-refractivity contribution in [2.45, 2.75) is 37.8 Å². The van der Waals surface area contributed by atoms with E-state index in [2.05, 4.69) is 30.1 Å². The van der Waals surface area contributed by atoms with Gasteiger partial charge in [0.2, 0.25) is 0 Å². The molecule has 0 radical (unpaired) electrons. The number of rotatable bonds is 8. The molecule has 5 atom stereocenters. The number of nitrogens with zero attached hydrogens (tertiary/aromatic N) is 4. The topological polar surface area (TPSA) is 185 Å². The molecule has 5 unspecified atom stereocenters. The molecule has 2 aliphatic rings. The second-order valence-corrected chi connectivity index (χ2v) is 9.33. The minimum absolute atomic E-state index is 0. The quantitative estimate of drug-likeness (QED) is 0.193. The molecular formula is C22H23N6Na2O8P. The number of carbonyl (C=O) groups is 1. The van der Waals surface area contributed by atoms with Crippen LogP contribution in [0.3, 0.4) is 0 Å². The maximum atomic E-state index is 12.0. The molecule has 0 aliphatic carbocycles. The second kappa shape index (κ2) is 14.1. The largest absolute Gasteiger partial charge is 1.00 e. The molecule has 196 valence electrons. The second-order valence-electron chi connectivity index (χ2n) is 8.18.